The Bertz CT molecular complexity index is 1190. The molecule has 2 saturated heterocycles. The van der Waals surface area contributed by atoms with Crippen molar-refractivity contribution in [1.29, 1.82) is 0 Å². The summed E-state index contributed by atoms with van der Waals surface area (Å²) in [6.45, 7) is 0. The number of amides is 3. The summed E-state index contributed by atoms with van der Waals surface area (Å²) < 4.78 is 0. The van der Waals surface area contributed by atoms with E-state index in [0.29, 0.717) is 23.2 Å². The quantitative estimate of drug-likeness (QED) is 0.422. The fourth-order valence-electron chi connectivity index (χ4n) is 6.43. The molecule has 33 heavy (non-hydrogen) atoms. The number of para-hydroxylation sites is 1. The van der Waals surface area contributed by atoms with Gasteiger partial charge < -0.3 is 15.5 Å². The van der Waals surface area contributed by atoms with E-state index < -0.39 is 23.4 Å². The molecule has 0 aromatic heterocycles. The van der Waals surface area contributed by atoms with Gasteiger partial charge in [-0.2, -0.15) is 0 Å². The standard InChI is InChI=1S/C25H25N3O5/c29-18-10-9-13(12-19(18)30)11-17-20-21(23(32)28(22(20)31)14-5-1-2-6-14)25(27-17)15-7-3-4-8-16(15)26-24(25)33/h3-4,7-10,12,14,17,20-21,27,29-30H,1-2,5-6,11H2,(H,26,33)/t17-,20+,21+,25-/m0/s1. The predicted octanol–water partition coefficient (Wildman–Crippen LogP) is 2.00. The molecule has 3 amide bonds. The van der Waals surface area contributed by atoms with Crippen molar-refractivity contribution in [2.75, 3.05) is 5.32 Å². The van der Waals surface area contributed by atoms with Crippen molar-refractivity contribution in [3.8, 4) is 11.5 Å². The minimum absolute atomic E-state index is 0.106. The third-order valence-electron chi connectivity index (χ3n) is 7.84. The van der Waals surface area contributed by atoms with E-state index in [1.54, 1.807) is 12.1 Å². The van der Waals surface area contributed by atoms with Crippen molar-refractivity contribution in [3.05, 3.63) is 53.6 Å². The van der Waals surface area contributed by atoms with Crippen molar-refractivity contribution >= 4 is 23.4 Å². The molecule has 4 N–H and O–H groups in total. The van der Waals surface area contributed by atoms with Crippen LogP contribution in [0.5, 0.6) is 11.5 Å². The van der Waals surface area contributed by atoms with Crippen LogP contribution in [0.25, 0.3) is 0 Å². The van der Waals surface area contributed by atoms with E-state index in [-0.39, 0.29) is 35.3 Å². The predicted molar refractivity (Wildman–Crippen MR) is 118 cm³/mol. The van der Waals surface area contributed by atoms with Crippen LogP contribution in [0, 0.1) is 11.8 Å². The number of fused-ring (bicyclic) bond motifs is 4. The fraction of sp³-hybridized carbons (Fsp3) is 0.400. The summed E-state index contributed by atoms with van der Waals surface area (Å²) in [7, 11) is 0. The molecule has 3 fully saturated rings. The first kappa shape index (κ1) is 20.2. The van der Waals surface area contributed by atoms with Gasteiger partial charge in [-0.25, -0.2) is 0 Å². The summed E-state index contributed by atoms with van der Waals surface area (Å²) in [6.07, 6.45) is 3.90. The van der Waals surface area contributed by atoms with E-state index in [1.165, 1.54) is 17.0 Å². The van der Waals surface area contributed by atoms with Crippen molar-refractivity contribution in [2.45, 2.75) is 49.7 Å². The SMILES string of the molecule is O=C1[C@@H]2[C@H](Cc3ccc(O)c(O)c3)N[C@]3(C(=O)Nc4ccccc43)[C@H]2C(=O)N1C1CCCC1. The normalized spacial score (nSPS) is 30.8. The maximum absolute atomic E-state index is 13.8. The highest BCUT2D eigenvalue weighted by Gasteiger charge is 2.70. The third kappa shape index (κ3) is 2.70. The molecule has 4 atom stereocenters. The van der Waals surface area contributed by atoms with Crippen LogP contribution in [-0.2, 0) is 26.3 Å². The minimum Gasteiger partial charge on any atom is -0.504 e. The number of aromatic hydroxyl groups is 2. The highest BCUT2D eigenvalue weighted by atomic mass is 16.3. The molecular formula is C25H25N3O5. The number of anilines is 1. The second-order valence-electron chi connectivity index (χ2n) is 9.57. The molecule has 0 radical (unpaired) electrons. The Balaban J connectivity index is 1.46. The van der Waals surface area contributed by atoms with Crippen LogP contribution in [0.15, 0.2) is 42.5 Å². The van der Waals surface area contributed by atoms with Crippen LogP contribution in [0.2, 0.25) is 0 Å². The topological polar surface area (TPSA) is 119 Å². The van der Waals surface area contributed by atoms with Gasteiger partial charge in [-0.05, 0) is 43.0 Å². The van der Waals surface area contributed by atoms with E-state index in [2.05, 4.69) is 10.6 Å². The van der Waals surface area contributed by atoms with Crippen LogP contribution in [0.1, 0.15) is 36.8 Å². The van der Waals surface area contributed by atoms with E-state index in [0.717, 1.165) is 25.7 Å². The molecular weight excluding hydrogens is 422 g/mol. The largest absolute Gasteiger partial charge is 0.504 e. The Morgan fingerprint density at radius 3 is 2.48 bits per heavy atom. The number of carbonyl (C=O) groups is 3. The zero-order chi connectivity index (χ0) is 22.9. The molecule has 0 bridgehead atoms. The number of carbonyl (C=O) groups excluding carboxylic acids is 3. The van der Waals surface area contributed by atoms with Crippen molar-refractivity contribution in [3.63, 3.8) is 0 Å². The molecule has 3 aliphatic heterocycles. The van der Waals surface area contributed by atoms with Crippen molar-refractivity contribution in [2.24, 2.45) is 11.8 Å². The van der Waals surface area contributed by atoms with Crippen LogP contribution in [0.3, 0.4) is 0 Å². The van der Waals surface area contributed by atoms with Gasteiger partial charge in [0.2, 0.25) is 17.7 Å². The van der Waals surface area contributed by atoms with Gasteiger partial charge in [-0.15, -0.1) is 0 Å². The number of nitrogens with zero attached hydrogens (tertiary/aromatic N) is 1. The third-order valence-corrected chi connectivity index (χ3v) is 7.84. The zero-order valence-corrected chi connectivity index (χ0v) is 18.0. The zero-order valence-electron chi connectivity index (χ0n) is 18.0. The number of phenolic OH excluding ortho intramolecular Hbond substituents is 2. The van der Waals surface area contributed by atoms with Gasteiger partial charge in [0.05, 0.1) is 11.8 Å². The number of imide groups is 1. The lowest BCUT2D eigenvalue weighted by atomic mass is 9.76. The van der Waals surface area contributed by atoms with E-state index in [9.17, 15) is 24.6 Å². The molecule has 1 saturated carbocycles. The summed E-state index contributed by atoms with van der Waals surface area (Å²) in [6, 6.07) is 11.2. The number of likely N-dealkylation sites (tertiary alicyclic amines) is 1. The Morgan fingerprint density at radius 2 is 1.73 bits per heavy atom. The molecule has 2 aromatic rings. The lowest BCUT2D eigenvalue weighted by Gasteiger charge is -2.31. The number of hydrogen-bond donors (Lipinski definition) is 4. The number of hydrogen-bond acceptors (Lipinski definition) is 6. The maximum atomic E-state index is 13.8. The highest BCUT2D eigenvalue weighted by Crippen LogP contribution is 2.54. The number of nitrogens with one attached hydrogen (secondary N) is 2. The minimum atomic E-state index is -1.31. The van der Waals surface area contributed by atoms with Gasteiger partial charge in [-0.3, -0.25) is 24.6 Å². The molecule has 170 valence electrons. The first-order valence-electron chi connectivity index (χ1n) is 11.5. The van der Waals surface area contributed by atoms with Gasteiger partial charge in [0, 0.05) is 23.3 Å². The Labute approximate surface area is 190 Å². The average Bonchev–Trinajstić information content (AvgIpc) is 3.53. The van der Waals surface area contributed by atoms with Crippen molar-refractivity contribution in [1.82, 2.24) is 10.2 Å². The second-order valence-corrected chi connectivity index (χ2v) is 9.57. The van der Waals surface area contributed by atoms with Gasteiger partial charge in [0.15, 0.2) is 11.5 Å². The average molecular weight is 447 g/mol. The van der Waals surface area contributed by atoms with Crippen LogP contribution in [0.4, 0.5) is 5.69 Å². The summed E-state index contributed by atoms with van der Waals surface area (Å²) in [5, 5.41) is 25.9. The molecule has 1 spiro atoms. The van der Waals surface area contributed by atoms with E-state index in [1.807, 2.05) is 18.2 Å². The van der Waals surface area contributed by atoms with Crippen LogP contribution >= 0.6 is 0 Å². The molecule has 0 unspecified atom stereocenters. The summed E-state index contributed by atoms with van der Waals surface area (Å²) in [5.74, 6) is -2.79. The second kappa shape index (κ2) is 7.05. The fourth-order valence-corrected chi connectivity index (χ4v) is 6.43. The van der Waals surface area contributed by atoms with Gasteiger partial charge in [-0.1, -0.05) is 37.1 Å². The first-order valence-corrected chi connectivity index (χ1v) is 11.5. The molecule has 6 rings (SSSR count). The van der Waals surface area contributed by atoms with Gasteiger partial charge in [0.1, 0.15) is 5.54 Å². The monoisotopic (exact) mass is 447 g/mol. The summed E-state index contributed by atoms with van der Waals surface area (Å²) >= 11 is 0. The smallest absolute Gasteiger partial charge is 0.250 e. The summed E-state index contributed by atoms with van der Waals surface area (Å²) in [4.78, 5) is 42.4. The van der Waals surface area contributed by atoms with E-state index >= 15 is 0 Å². The first-order chi connectivity index (χ1) is 15.9. The lowest BCUT2D eigenvalue weighted by molar-refractivity contribution is -0.145. The van der Waals surface area contributed by atoms with Crippen LogP contribution < -0.4 is 10.6 Å². The van der Waals surface area contributed by atoms with E-state index in [4.69, 9.17) is 0 Å². The van der Waals surface area contributed by atoms with Crippen LogP contribution in [-0.4, -0.2) is 44.9 Å². The molecule has 1 aliphatic carbocycles. The molecule has 8 heteroatoms. The Morgan fingerprint density at radius 1 is 0.970 bits per heavy atom. The summed E-state index contributed by atoms with van der Waals surface area (Å²) in [5.41, 5.74) is 0.724. The maximum Gasteiger partial charge on any atom is 0.250 e. The Kier molecular flexibility index (Phi) is 4.32. The molecule has 2 aromatic carbocycles. The van der Waals surface area contributed by atoms with Gasteiger partial charge >= 0.3 is 0 Å². The van der Waals surface area contributed by atoms with Crippen molar-refractivity contribution < 1.29 is 24.6 Å². The number of phenols is 2. The highest BCUT2D eigenvalue weighted by molar-refractivity contribution is 6.15. The molecule has 8 nitrogen and oxygen atoms in total. The molecule has 4 aliphatic rings. The number of benzene rings is 2. The lowest BCUT2D eigenvalue weighted by Crippen LogP contribution is -2.54. The Hall–Kier alpha value is -3.39. The molecule has 3 heterocycles. The number of rotatable bonds is 3. The van der Waals surface area contributed by atoms with Gasteiger partial charge in [0.25, 0.3) is 0 Å².